The van der Waals surface area contributed by atoms with Gasteiger partial charge in [0.2, 0.25) is 0 Å². The van der Waals surface area contributed by atoms with Gasteiger partial charge in [-0.2, -0.15) is 0 Å². The summed E-state index contributed by atoms with van der Waals surface area (Å²) in [6, 6.07) is 7.35. The van der Waals surface area contributed by atoms with E-state index in [1.165, 1.54) is 17.7 Å². The number of piperazine rings is 1. The first-order valence-corrected chi connectivity index (χ1v) is 5.45. The van der Waals surface area contributed by atoms with Gasteiger partial charge in [-0.1, -0.05) is 12.1 Å². The van der Waals surface area contributed by atoms with Gasteiger partial charge < -0.3 is 5.32 Å². The van der Waals surface area contributed by atoms with Crippen LogP contribution in [0.3, 0.4) is 0 Å². The molecule has 0 radical (unpaired) electrons. The van der Waals surface area contributed by atoms with Gasteiger partial charge >= 0.3 is 0 Å². The fourth-order valence-corrected chi connectivity index (χ4v) is 1.94. The van der Waals surface area contributed by atoms with Gasteiger partial charge in [0.1, 0.15) is 5.82 Å². The van der Waals surface area contributed by atoms with E-state index in [0.717, 1.165) is 26.2 Å². The zero-order valence-electron chi connectivity index (χ0n) is 9.45. The molecular formula is C12H18ClFN2. The van der Waals surface area contributed by atoms with Crippen molar-refractivity contribution in [3.05, 3.63) is 35.6 Å². The van der Waals surface area contributed by atoms with E-state index < -0.39 is 0 Å². The molecule has 1 aliphatic rings. The summed E-state index contributed by atoms with van der Waals surface area (Å²) >= 11 is 0. The molecule has 0 spiro atoms. The van der Waals surface area contributed by atoms with E-state index in [1.807, 2.05) is 12.1 Å². The monoisotopic (exact) mass is 244 g/mol. The van der Waals surface area contributed by atoms with E-state index in [-0.39, 0.29) is 18.2 Å². The molecule has 0 aliphatic carbocycles. The third-order valence-corrected chi connectivity index (χ3v) is 2.94. The Morgan fingerprint density at radius 2 is 2.06 bits per heavy atom. The normalized spacial score (nSPS) is 21.5. The van der Waals surface area contributed by atoms with Crippen LogP contribution in [-0.2, 0) is 6.54 Å². The Bertz CT molecular complexity index is 315. The average Bonchev–Trinajstić information content (AvgIpc) is 2.25. The predicted molar refractivity (Wildman–Crippen MR) is 66.4 cm³/mol. The highest BCUT2D eigenvalue weighted by atomic mass is 35.5. The van der Waals surface area contributed by atoms with Crippen LogP contribution in [0.2, 0.25) is 0 Å². The molecule has 0 aromatic heterocycles. The average molecular weight is 245 g/mol. The second-order valence-electron chi connectivity index (χ2n) is 4.15. The molecule has 90 valence electrons. The number of halogens is 2. The molecule has 2 rings (SSSR count). The maximum absolute atomic E-state index is 12.7. The summed E-state index contributed by atoms with van der Waals surface area (Å²) in [5, 5.41) is 3.36. The van der Waals surface area contributed by atoms with Gasteiger partial charge in [-0.15, -0.1) is 12.4 Å². The van der Waals surface area contributed by atoms with Gasteiger partial charge in [-0.05, 0) is 24.6 Å². The Balaban J connectivity index is 0.00000128. The van der Waals surface area contributed by atoms with Gasteiger partial charge in [0.15, 0.2) is 0 Å². The quantitative estimate of drug-likeness (QED) is 0.857. The first-order chi connectivity index (χ1) is 7.25. The van der Waals surface area contributed by atoms with Crippen LogP contribution in [0, 0.1) is 5.82 Å². The lowest BCUT2D eigenvalue weighted by atomic mass is 10.1. The minimum Gasteiger partial charge on any atom is -0.314 e. The molecule has 1 fully saturated rings. The highest BCUT2D eigenvalue weighted by Crippen LogP contribution is 2.10. The molecular weight excluding hydrogens is 227 g/mol. The fraction of sp³-hybridized carbons (Fsp3) is 0.500. The van der Waals surface area contributed by atoms with Crippen molar-refractivity contribution in [2.75, 3.05) is 19.6 Å². The lowest BCUT2D eigenvalue weighted by Crippen LogP contribution is -2.49. The molecule has 2 nitrogen and oxygen atoms in total. The smallest absolute Gasteiger partial charge is 0.123 e. The van der Waals surface area contributed by atoms with Crippen molar-refractivity contribution in [1.82, 2.24) is 10.2 Å². The molecule has 0 saturated carbocycles. The lowest BCUT2D eigenvalue weighted by molar-refractivity contribution is 0.165. The number of hydrogen-bond donors (Lipinski definition) is 1. The SMILES string of the molecule is CC1CNCCN1Cc1ccc(F)cc1.Cl. The maximum atomic E-state index is 12.7. The van der Waals surface area contributed by atoms with Crippen molar-refractivity contribution in [3.8, 4) is 0 Å². The van der Waals surface area contributed by atoms with Crippen LogP contribution in [0.25, 0.3) is 0 Å². The molecule has 1 N–H and O–H groups in total. The standard InChI is InChI=1S/C12H17FN2.ClH/c1-10-8-14-6-7-15(10)9-11-2-4-12(13)5-3-11;/h2-5,10,14H,6-9H2,1H3;1H. The van der Waals surface area contributed by atoms with Gasteiger partial charge in [0, 0.05) is 32.2 Å². The molecule has 1 aliphatic heterocycles. The summed E-state index contributed by atoms with van der Waals surface area (Å²) in [7, 11) is 0. The minimum absolute atomic E-state index is 0. The largest absolute Gasteiger partial charge is 0.314 e. The Hall–Kier alpha value is -0.640. The maximum Gasteiger partial charge on any atom is 0.123 e. The van der Waals surface area contributed by atoms with E-state index in [4.69, 9.17) is 0 Å². The molecule has 1 heterocycles. The molecule has 0 bridgehead atoms. The van der Waals surface area contributed by atoms with Crippen LogP contribution in [0.15, 0.2) is 24.3 Å². The third kappa shape index (κ3) is 3.44. The highest BCUT2D eigenvalue weighted by Gasteiger charge is 2.17. The Kier molecular flexibility index (Phi) is 5.19. The topological polar surface area (TPSA) is 15.3 Å². The van der Waals surface area contributed by atoms with Crippen LogP contribution in [-0.4, -0.2) is 30.6 Å². The van der Waals surface area contributed by atoms with Crippen molar-refractivity contribution in [3.63, 3.8) is 0 Å². The second kappa shape index (κ2) is 6.18. The van der Waals surface area contributed by atoms with Crippen LogP contribution in [0.1, 0.15) is 12.5 Å². The Morgan fingerprint density at radius 1 is 1.38 bits per heavy atom. The molecule has 4 heteroatoms. The molecule has 1 unspecified atom stereocenters. The van der Waals surface area contributed by atoms with E-state index in [2.05, 4.69) is 17.1 Å². The summed E-state index contributed by atoms with van der Waals surface area (Å²) in [6.45, 7) is 6.30. The summed E-state index contributed by atoms with van der Waals surface area (Å²) in [5.74, 6) is -0.160. The summed E-state index contributed by atoms with van der Waals surface area (Å²) in [5.41, 5.74) is 1.19. The first-order valence-electron chi connectivity index (χ1n) is 5.45. The molecule has 0 amide bonds. The number of nitrogens with one attached hydrogen (secondary N) is 1. The summed E-state index contributed by atoms with van der Waals surface area (Å²) < 4.78 is 12.7. The molecule has 1 atom stereocenters. The van der Waals surface area contributed by atoms with Crippen molar-refractivity contribution < 1.29 is 4.39 Å². The van der Waals surface area contributed by atoms with E-state index in [9.17, 15) is 4.39 Å². The van der Waals surface area contributed by atoms with E-state index >= 15 is 0 Å². The van der Waals surface area contributed by atoms with Crippen molar-refractivity contribution >= 4 is 12.4 Å². The number of nitrogens with zero attached hydrogens (tertiary/aromatic N) is 1. The molecule has 1 aromatic carbocycles. The van der Waals surface area contributed by atoms with Crippen LogP contribution in [0.4, 0.5) is 4.39 Å². The zero-order valence-corrected chi connectivity index (χ0v) is 10.3. The fourth-order valence-electron chi connectivity index (χ4n) is 1.94. The van der Waals surface area contributed by atoms with Crippen molar-refractivity contribution in [2.45, 2.75) is 19.5 Å². The van der Waals surface area contributed by atoms with Gasteiger partial charge in [-0.25, -0.2) is 4.39 Å². The Labute approximate surface area is 102 Å². The van der Waals surface area contributed by atoms with Gasteiger partial charge in [-0.3, -0.25) is 4.90 Å². The van der Waals surface area contributed by atoms with Crippen LogP contribution < -0.4 is 5.32 Å². The Morgan fingerprint density at radius 3 is 2.69 bits per heavy atom. The predicted octanol–water partition coefficient (Wildman–Crippen LogP) is 2.04. The summed E-state index contributed by atoms with van der Waals surface area (Å²) in [4.78, 5) is 2.42. The third-order valence-electron chi connectivity index (χ3n) is 2.94. The van der Waals surface area contributed by atoms with E-state index in [0.29, 0.717) is 6.04 Å². The van der Waals surface area contributed by atoms with Crippen LogP contribution >= 0.6 is 12.4 Å². The zero-order chi connectivity index (χ0) is 10.7. The van der Waals surface area contributed by atoms with E-state index in [1.54, 1.807) is 0 Å². The highest BCUT2D eigenvalue weighted by molar-refractivity contribution is 5.85. The van der Waals surface area contributed by atoms with Crippen LogP contribution in [0.5, 0.6) is 0 Å². The number of hydrogen-bond acceptors (Lipinski definition) is 2. The van der Waals surface area contributed by atoms with Crippen molar-refractivity contribution in [2.24, 2.45) is 0 Å². The van der Waals surface area contributed by atoms with Gasteiger partial charge in [0.05, 0.1) is 0 Å². The van der Waals surface area contributed by atoms with Gasteiger partial charge in [0.25, 0.3) is 0 Å². The second-order valence-corrected chi connectivity index (χ2v) is 4.15. The van der Waals surface area contributed by atoms with Crippen molar-refractivity contribution in [1.29, 1.82) is 0 Å². The minimum atomic E-state index is -0.160. The molecule has 16 heavy (non-hydrogen) atoms. The first kappa shape index (κ1) is 13.4. The number of rotatable bonds is 2. The lowest BCUT2D eigenvalue weighted by Gasteiger charge is -2.33. The number of benzene rings is 1. The molecule has 1 saturated heterocycles. The molecule has 1 aromatic rings. The summed E-state index contributed by atoms with van der Waals surface area (Å²) in [6.07, 6.45) is 0.